The van der Waals surface area contributed by atoms with Gasteiger partial charge in [-0.1, -0.05) is 35.9 Å². The first kappa shape index (κ1) is 19.3. The summed E-state index contributed by atoms with van der Waals surface area (Å²) in [6.45, 7) is 3.66. The summed E-state index contributed by atoms with van der Waals surface area (Å²) in [5, 5.41) is 0. The molecular formula is C18H18F3NO2S2. The quantitative estimate of drug-likeness (QED) is 0.551. The van der Waals surface area contributed by atoms with Crippen LogP contribution >= 0.6 is 11.8 Å². The second-order valence-corrected chi connectivity index (χ2v) is 9.18. The first-order valence-electron chi connectivity index (χ1n) is 7.98. The summed E-state index contributed by atoms with van der Waals surface area (Å²) in [5.41, 5.74) is 1.79. The second kappa shape index (κ2) is 6.90. The van der Waals surface area contributed by atoms with Gasteiger partial charge in [-0.25, -0.2) is 8.42 Å². The molecule has 3 rings (SSSR count). The van der Waals surface area contributed by atoms with Crippen molar-refractivity contribution >= 4 is 21.8 Å². The van der Waals surface area contributed by atoms with Gasteiger partial charge in [0.2, 0.25) is 10.0 Å². The third kappa shape index (κ3) is 3.77. The minimum atomic E-state index is -4.59. The number of alkyl halides is 3. The van der Waals surface area contributed by atoms with E-state index in [2.05, 4.69) is 0 Å². The summed E-state index contributed by atoms with van der Waals surface area (Å²) in [7, 11) is -4.18. The number of hydrogen-bond donors (Lipinski definition) is 0. The van der Waals surface area contributed by atoms with Crippen LogP contribution in [-0.2, 0) is 10.0 Å². The molecule has 1 unspecified atom stereocenters. The zero-order valence-electron chi connectivity index (χ0n) is 14.2. The lowest BCUT2D eigenvalue weighted by molar-refractivity contribution is -0.133. The van der Waals surface area contributed by atoms with Crippen molar-refractivity contribution < 1.29 is 21.6 Å². The maximum Gasteiger partial charge on any atom is 0.406 e. The monoisotopic (exact) mass is 401 g/mol. The van der Waals surface area contributed by atoms with E-state index in [1.165, 1.54) is 23.9 Å². The van der Waals surface area contributed by atoms with Crippen LogP contribution in [0, 0.1) is 13.8 Å². The van der Waals surface area contributed by atoms with Gasteiger partial charge in [-0.05, 0) is 37.6 Å². The summed E-state index contributed by atoms with van der Waals surface area (Å²) >= 11 is 1.25. The Morgan fingerprint density at radius 1 is 1.04 bits per heavy atom. The van der Waals surface area contributed by atoms with Gasteiger partial charge in [-0.15, -0.1) is 11.8 Å². The Morgan fingerprint density at radius 2 is 1.65 bits per heavy atom. The molecule has 0 spiro atoms. The van der Waals surface area contributed by atoms with E-state index >= 15 is 0 Å². The Bertz CT molecular complexity index is 895. The first-order chi connectivity index (χ1) is 12.1. The van der Waals surface area contributed by atoms with E-state index in [0.29, 0.717) is 4.31 Å². The Morgan fingerprint density at radius 3 is 2.23 bits per heavy atom. The highest BCUT2D eigenvalue weighted by Gasteiger charge is 2.67. The highest BCUT2D eigenvalue weighted by atomic mass is 32.2. The minimum Gasteiger partial charge on any atom is -0.207 e. The van der Waals surface area contributed by atoms with Crippen molar-refractivity contribution in [3.8, 4) is 0 Å². The van der Waals surface area contributed by atoms with E-state index in [1.807, 2.05) is 31.2 Å². The van der Waals surface area contributed by atoms with Crippen LogP contribution in [0.15, 0.2) is 58.3 Å². The SMILES string of the molecule is Cc1ccc(S(=O)(=O)N2[C@H](C(F)(F)F)[C@@H]2CSc2ccccc2C)cc1. The molecule has 8 heteroatoms. The molecule has 3 nitrogen and oxygen atoms in total. The predicted molar refractivity (Wildman–Crippen MR) is 95.7 cm³/mol. The molecule has 140 valence electrons. The summed E-state index contributed by atoms with van der Waals surface area (Å²) in [6.07, 6.45) is -4.59. The molecule has 2 aromatic rings. The molecule has 2 aromatic carbocycles. The lowest BCUT2D eigenvalue weighted by Gasteiger charge is -2.09. The van der Waals surface area contributed by atoms with Gasteiger partial charge in [0.15, 0.2) is 0 Å². The molecule has 1 aliphatic heterocycles. The van der Waals surface area contributed by atoms with Crippen molar-refractivity contribution in [1.82, 2.24) is 4.31 Å². The molecule has 0 saturated carbocycles. The van der Waals surface area contributed by atoms with E-state index in [0.717, 1.165) is 16.0 Å². The first-order valence-corrected chi connectivity index (χ1v) is 10.4. The maximum absolute atomic E-state index is 13.3. The molecule has 3 atom stereocenters. The van der Waals surface area contributed by atoms with E-state index in [9.17, 15) is 21.6 Å². The molecule has 0 bridgehead atoms. The van der Waals surface area contributed by atoms with E-state index in [-0.39, 0.29) is 10.6 Å². The zero-order chi connectivity index (χ0) is 19.1. The number of hydrogen-bond acceptors (Lipinski definition) is 3. The van der Waals surface area contributed by atoms with E-state index < -0.39 is 28.3 Å². The van der Waals surface area contributed by atoms with Crippen LogP contribution in [0.5, 0.6) is 0 Å². The van der Waals surface area contributed by atoms with E-state index in [1.54, 1.807) is 19.1 Å². The largest absolute Gasteiger partial charge is 0.406 e. The second-order valence-electron chi connectivity index (χ2n) is 6.28. The third-order valence-electron chi connectivity index (χ3n) is 4.31. The Balaban J connectivity index is 1.83. The summed E-state index contributed by atoms with van der Waals surface area (Å²) < 4.78 is 65.9. The molecule has 1 saturated heterocycles. The van der Waals surface area contributed by atoms with Crippen molar-refractivity contribution in [2.75, 3.05) is 5.75 Å². The maximum atomic E-state index is 13.3. The zero-order valence-corrected chi connectivity index (χ0v) is 15.8. The highest BCUT2D eigenvalue weighted by molar-refractivity contribution is 7.99. The summed E-state index contributed by atoms with van der Waals surface area (Å²) in [6, 6.07) is 10.2. The van der Waals surface area contributed by atoms with Gasteiger partial charge in [0.05, 0.1) is 10.9 Å². The number of halogens is 3. The van der Waals surface area contributed by atoms with Crippen LogP contribution < -0.4 is 0 Å². The fourth-order valence-electron chi connectivity index (χ4n) is 2.84. The summed E-state index contributed by atoms with van der Waals surface area (Å²) in [5.74, 6) is 0.0557. The number of rotatable bonds is 5. The molecule has 1 heterocycles. The fraction of sp³-hybridized carbons (Fsp3) is 0.333. The van der Waals surface area contributed by atoms with Crippen LogP contribution in [0.25, 0.3) is 0 Å². The molecule has 1 aliphatic rings. The van der Waals surface area contributed by atoms with Crippen molar-refractivity contribution in [3.05, 3.63) is 59.7 Å². The normalized spacial score (nSPS) is 23.0. The number of thioether (sulfide) groups is 1. The minimum absolute atomic E-state index is 0.0557. The molecule has 0 radical (unpaired) electrons. The van der Waals surface area contributed by atoms with Gasteiger partial charge in [-0.3, -0.25) is 0 Å². The van der Waals surface area contributed by atoms with Crippen LogP contribution in [0.1, 0.15) is 11.1 Å². The third-order valence-corrected chi connectivity index (χ3v) is 7.51. The molecule has 0 N–H and O–H groups in total. The number of benzene rings is 2. The topological polar surface area (TPSA) is 37.1 Å². The van der Waals surface area contributed by atoms with Gasteiger partial charge >= 0.3 is 6.18 Å². The number of sulfonamides is 1. The van der Waals surface area contributed by atoms with E-state index in [4.69, 9.17) is 0 Å². The molecule has 0 amide bonds. The fourth-order valence-corrected chi connectivity index (χ4v) is 5.87. The van der Waals surface area contributed by atoms with Crippen molar-refractivity contribution in [2.24, 2.45) is 0 Å². The predicted octanol–water partition coefficient (Wildman–Crippen LogP) is 4.40. The van der Waals surface area contributed by atoms with Crippen LogP contribution in [0.3, 0.4) is 0 Å². The van der Waals surface area contributed by atoms with Gasteiger partial charge in [0.1, 0.15) is 6.04 Å². The standard InChI is InChI=1S/C18H18F3NO2S2/c1-12-7-9-14(10-8-12)26(23,24)22-15(17(22)18(19,20)21)11-25-16-6-4-3-5-13(16)2/h3-10,15,17H,11H2,1-2H3/t15-,17-,22?/m0/s1. The highest BCUT2D eigenvalue weighted by Crippen LogP contribution is 2.47. The van der Waals surface area contributed by atoms with Crippen LogP contribution in [-0.4, -0.2) is 36.7 Å². The molecule has 26 heavy (non-hydrogen) atoms. The van der Waals surface area contributed by atoms with Gasteiger partial charge in [0, 0.05) is 10.6 Å². The number of aryl methyl sites for hydroxylation is 2. The Hall–Kier alpha value is -1.51. The van der Waals surface area contributed by atoms with Crippen molar-refractivity contribution in [1.29, 1.82) is 0 Å². The van der Waals surface area contributed by atoms with Crippen LogP contribution in [0.4, 0.5) is 13.2 Å². The smallest absolute Gasteiger partial charge is 0.207 e. The van der Waals surface area contributed by atoms with Crippen molar-refractivity contribution in [2.45, 2.75) is 41.9 Å². The average molecular weight is 401 g/mol. The van der Waals surface area contributed by atoms with Crippen molar-refractivity contribution in [3.63, 3.8) is 0 Å². The molecular weight excluding hydrogens is 383 g/mol. The average Bonchev–Trinajstić information content (AvgIpc) is 3.30. The lowest BCUT2D eigenvalue weighted by atomic mass is 10.2. The Kier molecular flexibility index (Phi) is 5.11. The van der Waals surface area contributed by atoms with Gasteiger partial charge < -0.3 is 0 Å². The Labute approximate surface area is 155 Å². The summed E-state index contributed by atoms with van der Waals surface area (Å²) in [4.78, 5) is 0.744. The van der Waals surface area contributed by atoms with Crippen LogP contribution in [0.2, 0.25) is 0 Å². The van der Waals surface area contributed by atoms with Gasteiger partial charge in [0.25, 0.3) is 0 Å². The lowest BCUT2D eigenvalue weighted by Crippen LogP contribution is -2.24. The molecule has 0 aromatic heterocycles. The van der Waals surface area contributed by atoms with Gasteiger partial charge in [-0.2, -0.15) is 17.5 Å². The molecule has 0 aliphatic carbocycles. The molecule has 1 fully saturated rings. The number of nitrogens with zero attached hydrogens (tertiary/aromatic N) is 1.